The molecule has 0 aliphatic carbocycles. The quantitative estimate of drug-likeness (QED) is 0.305. The van der Waals surface area contributed by atoms with Gasteiger partial charge < -0.3 is 24.6 Å². The Kier molecular flexibility index (Phi) is 9.78. The first-order valence-electron chi connectivity index (χ1n) is 15.9. The smallest absolute Gasteiger partial charge is 0.277 e. The second-order valence-corrected chi connectivity index (χ2v) is 13.2. The van der Waals surface area contributed by atoms with E-state index in [1.165, 1.54) is 4.90 Å². The SMILES string of the molecule is CCCN1C(=O)c2[nH]c(-c3ccc(N(CC4CC(=O)N(C)C4)C(=O)c4cccc(C(C)(C)C)c4)nc3)nc2N(CCCOC)C1O. The summed E-state index contributed by atoms with van der Waals surface area (Å²) in [4.78, 5) is 58.8. The number of amides is 3. The Morgan fingerprint density at radius 3 is 2.57 bits per heavy atom. The Labute approximate surface area is 270 Å². The van der Waals surface area contributed by atoms with Crippen molar-refractivity contribution in [3.8, 4) is 11.4 Å². The highest BCUT2D eigenvalue weighted by Gasteiger charge is 2.39. The number of hydrogen-bond donors (Lipinski definition) is 2. The first-order chi connectivity index (χ1) is 21.9. The van der Waals surface area contributed by atoms with Gasteiger partial charge >= 0.3 is 0 Å². The van der Waals surface area contributed by atoms with Gasteiger partial charge in [-0.1, -0.05) is 39.8 Å². The van der Waals surface area contributed by atoms with Gasteiger partial charge in [-0.2, -0.15) is 0 Å². The van der Waals surface area contributed by atoms with Crippen LogP contribution in [0.2, 0.25) is 0 Å². The molecule has 0 radical (unpaired) electrons. The summed E-state index contributed by atoms with van der Waals surface area (Å²) in [6.07, 6.45) is 2.19. The molecule has 12 nitrogen and oxygen atoms in total. The molecule has 3 aromatic rings. The number of aromatic amines is 1. The van der Waals surface area contributed by atoms with Crippen LogP contribution in [-0.2, 0) is 14.9 Å². The Morgan fingerprint density at radius 1 is 1.15 bits per heavy atom. The number of ether oxygens (including phenoxy) is 1. The number of benzene rings is 1. The second-order valence-electron chi connectivity index (χ2n) is 13.2. The molecular weight excluding hydrogens is 586 g/mol. The Balaban J connectivity index is 1.46. The number of nitrogens with one attached hydrogen (secondary N) is 1. The first kappa shape index (κ1) is 33.1. The van der Waals surface area contributed by atoms with E-state index in [0.717, 1.165) is 5.56 Å². The number of aliphatic hydroxyl groups excluding tert-OH is 1. The number of hydrogen-bond acceptors (Lipinski definition) is 8. The van der Waals surface area contributed by atoms with Gasteiger partial charge in [-0.3, -0.25) is 24.2 Å². The molecule has 0 spiro atoms. The highest BCUT2D eigenvalue weighted by Crippen LogP contribution is 2.32. The third-order valence-corrected chi connectivity index (χ3v) is 8.58. The minimum absolute atomic E-state index is 0.0295. The van der Waals surface area contributed by atoms with Crippen molar-refractivity contribution >= 4 is 29.4 Å². The van der Waals surface area contributed by atoms with Crippen LogP contribution in [0, 0.1) is 5.92 Å². The van der Waals surface area contributed by atoms with Gasteiger partial charge in [0.1, 0.15) is 17.3 Å². The van der Waals surface area contributed by atoms with Crippen LogP contribution in [0.15, 0.2) is 42.6 Å². The minimum atomic E-state index is -1.13. The number of methoxy groups -OCH3 is 1. The van der Waals surface area contributed by atoms with E-state index in [1.54, 1.807) is 41.1 Å². The van der Waals surface area contributed by atoms with Crippen molar-refractivity contribution < 1.29 is 24.2 Å². The molecule has 1 saturated heterocycles. The van der Waals surface area contributed by atoms with E-state index < -0.39 is 6.35 Å². The monoisotopic (exact) mass is 631 g/mol. The maximum Gasteiger partial charge on any atom is 0.277 e. The molecule has 2 aliphatic heterocycles. The lowest BCUT2D eigenvalue weighted by molar-refractivity contribution is -0.126. The van der Waals surface area contributed by atoms with Gasteiger partial charge in [-0.25, -0.2) is 9.97 Å². The summed E-state index contributed by atoms with van der Waals surface area (Å²) in [7, 11) is 3.40. The van der Waals surface area contributed by atoms with Gasteiger partial charge in [-0.05, 0) is 48.1 Å². The summed E-state index contributed by atoms with van der Waals surface area (Å²) >= 11 is 0. The number of anilines is 2. The van der Waals surface area contributed by atoms with E-state index >= 15 is 0 Å². The van der Waals surface area contributed by atoms with Gasteiger partial charge in [0.15, 0.2) is 5.82 Å². The Bertz CT molecular complexity index is 1560. The molecule has 3 amide bonds. The van der Waals surface area contributed by atoms with Crippen LogP contribution in [0.5, 0.6) is 0 Å². The number of pyridine rings is 1. The number of H-pyrrole nitrogens is 1. The normalized spacial score (nSPS) is 18.4. The number of aliphatic hydroxyl groups is 1. The van der Waals surface area contributed by atoms with E-state index in [-0.39, 0.29) is 29.1 Å². The van der Waals surface area contributed by atoms with Gasteiger partial charge in [0.2, 0.25) is 12.3 Å². The molecule has 246 valence electrons. The average Bonchev–Trinajstić information content (AvgIpc) is 3.62. The topological polar surface area (TPSA) is 135 Å². The van der Waals surface area contributed by atoms with Gasteiger partial charge in [0, 0.05) is 76.6 Å². The van der Waals surface area contributed by atoms with Crippen molar-refractivity contribution in [3.63, 3.8) is 0 Å². The van der Waals surface area contributed by atoms with Crippen LogP contribution >= 0.6 is 0 Å². The fourth-order valence-corrected chi connectivity index (χ4v) is 6.02. The van der Waals surface area contributed by atoms with E-state index in [4.69, 9.17) is 9.72 Å². The molecule has 5 rings (SSSR count). The molecule has 4 heterocycles. The summed E-state index contributed by atoms with van der Waals surface area (Å²) in [5, 5.41) is 11.1. The summed E-state index contributed by atoms with van der Waals surface area (Å²) in [5.41, 5.74) is 2.40. The van der Waals surface area contributed by atoms with Crippen molar-refractivity contribution in [1.82, 2.24) is 24.8 Å². The summed E-state index contributed by atoms with van der Waals surface area (Å²) in [5.74, 6) is 0.785. The fraction of sp³-hybridized carbons (Fsp3) is 0.500. The van der Waals surface area contributed by atoms with Crippen molar-refractivity contribution in [2.45, 2.75) is 58.7 Å². The summed E-state index contributed by atoms with van der Waals surface area (Å²) in [6, 6.07) is 11.2. The van der Waals surface area contributed by atoms with Crippen molar-refractivity contribution in [1.29, 1.82) is 0 Å². The molecule has 0 bridgehead atoms. The first-order valence-corrected chi connectivity index (χ1v) is 15.9. The number of likely N-dealkylation sites (tertiary alicyclic amines) is 1. The van der Waals surface area contributed by atoms with Crippen LogP contribution in [-0.4, -0.2) is 101 Å². The predicted octanol–water partition coefficient (Wildman–Crippen LogP) is 3.88. The summed E-state index contributed by atoms with van der Waals surface area (Å²) < 4.78 is 5.20. The molecule has 2 aliphatic rings. The number of nitrogens with zero attached hydrogens (tertiary/aromatic N) is 6. The third kappa shape index (κ3) is 6.78. The standard InChI is InChI=1S/C34H45N7O5/c1-7-14-40-32(44)28-30(39(33(40)45)15-9-16-46-6)37-29(36-28)24-12-13-26(35-19-24)41(21-22-17-27(42)38(5)20-22)31(43)23-10-8-11-25(18-23)34(2,3)4/h8,10-13,18-19,22,33,45H,7,9,14-17,20-21H2,1-6H3,(H,36,37). The molecule has 46 heavy (non-hydrogen) atoms. The fourth-order valence-electron chi connectivity index (χ4n) is 6.02. The molecular formula is C34H45N7O5. The number of aromatic nitrogens is 3. The molecule has 2 N–H and O–H groups in total. The average molecular weight is 632 g/mol. The lowest BCUT2D eigenvalue weighted by Gasteiger charge is -2.40. The van der Waals surface area contributed by atoms with E-state index in [1.807, 2.05) is 37.3 Å². The molecule has 12 heteroatoms. The van der Waals surface area contributed by atoms with Crippen LogP contribution in [0.4, 0.5) is 11.6 Å². The van der Waals surface area contributed by atoms with Gasteiger partial charge in [-0.15, -0.1) is 0 Å². The van der Waals surface area contributed by atoms with Gasteiger partial charge in [0.25, 0.3) is 11.8 Å². The van der Waals surface area contributed by atoms with E-state index in [9.17, 15) is 19.5 Å². The third-order valence-electron chi connectivity index (χ3n) is 8.58. The number of carbonyl (C=O) groups is 3. The largest absolute Gasteiger partial charge is 0.385 e. The van der Waals surface area contributed by atoms with Crippen molar-refractivity contribution in [2.75, 3.05) is 56.7 Å². The predicted molar refractivity (Wildman–Crippen MR) is 176 cm³/mol. The van der Waals surface area contributed by atoms with E-state index in [0.29, 0.717) is 86.3 Å². The minimum Gasteiger partial charge on any atom is -0.385 e. The highest BCUT2D eigenvalue weighted by molar-refractivity contribution is 6.06. The molecule has 1 aromatic carbocycles. The van der Waals surface area contributed by atoms with E-state index in [2.05, 4.69) is 30.7 Å². The van der Waals surface area contributed by atoms with Crippen LogP contribution in [0.1, 0.15) is 73.4 Å². The van der Waals surface area contributed by atoms with Crippen LogP contribution in [0.25, 0.3) is 11.4 Å². The zero-order chi connectivity index (χ0) is 33.2. The van der Waals surface area contributed by atoms with Gasteiger partial charge in [0.05, 0.1) is 0 Å². The zero-order valence-corrected chi connectivity index (χ0v) is 27.6. The maximum absolute atomic E-state index is 14.0. The summed E-state index contributed by atoms with van der Waals surface area (Å²) in [6.45, 7) is 10.5. The maximum atomic E-state index is 14.0. The number of imidazole rings is 1. The Morgan fingerprint density at radius 2 is 1.93 bits per heavy atom. The lowest BCUT2D eigenvalue weighted by atomic mass is 9.86. The molecule has 2 aromatic heterocycles. The number of fused-ring (bicyclic) bond motifs is 1. The van der Waals surface area contributed by atoms with Crippen molar-refractivity contribution in [3.05, 3.63) is 59.4 Å². The van der Waals surface area contributed by atoms with Crippen LogP contribution in [0.3, 0.4) is 0 Å². The Hall–Kier alpha value is -4.29. The molecule has 1 fully saturated rings. The molecule has 2 unspecified atom stereocenters. The second kappa shape index (κ2) is 13.6. The number of carbonyl (C=O) groups excluding carboxylic acids is 3. The molecule has 2 atom stereocenters. The van der Waals surface area contributed by atoms with Crippen LogP contribution < -0.4 is 9.80 Å². The lowest BCUT2D eigenvalue weighted by Crippen LogP contribution is -2.56. The number of rotatable bonds is 11. The highest BCUT2D eigenvalue weighted by atomic mass is 16.5. The molecule has 0 saturated carbocycles. The van der Waals surface area contributed by atoms with Crippen molar-refractivity contribution in [2.24, 2.45) is 5.92 Å². The zero-order valence-electron chi connectivity index (χ0n) is 27.6.